The Morgan fingerprint density at radius 3 is 2.56 bits per heavy atom. The quantitative estimate of drug-likeness (QED) is 0.0503. The molecule has 264 valence electrons. The standard InChI is InChI=1S/C35H41ClFN9O3S/c1-22-7-3-4-9-28(22)45-46(2)35(49)30(18-39)44-33(48)29(10-5-14-38)43-19-24-8-6-15-42-34(24)50-32-26(20-40-21-47)25(11-12-27(32)36)23-13-16-41-31(37)17-23/h3-4,6-9,11-13,15-17,21,29-30,43,45H,5,10,14,18-20,38-39H2,1-2H3,(H,40,47)(H,44,48)/t29-,30-/m0/s1. The third-order valence-electron chi connectivity index (χ3n) is 7.83. The smallest absolute Gasteiger partial charge is 0.264 e. The van der Waals surface area contributed by atoms with Gasteiger partial charge in [0.25, 0.3) is 5.91 Å². The van der Waals surface area contributed by atoms with Crippen molar-refractivity contribution in [3.63, 3.8) is 0 Å². The molecule has 0 bridgehead atoms. The fraction of sp³-hybridized carbons (Fsp3) is 0.286. The van der Waals surface area contributed by atoms with Crippen molar-refractivity contribution in [2.45, 2.75) is 54.9 Å². The number of nitrogens with zero attached hydrogens (tertiary/aromatic N) is 3. The summed E-state index contributed by atoms with van der Waals surface area (Å²) in [6, 6.07) is 16.0. The fourth-order valence-corrected chi connectivity index (χ4v) is 6.50. The molecule has 0 saturated heterocycles. The maximum Gasteiger partial charge on any atom is 0.264 e. The van der Waals surface area contributed by atoms with E-state index in [4.69, 9.17) is 23.1 Å². The van der Waals surface area contributed by atoms with Gasteiger partial charge in [0.1, 0.15) is 11.1 Å². The number of halogens is 2. The number of rotatable bonds is 18. The topological polar surface area (TPSA) is 180 Å². The monoisotopic (exact) mass is 721 g/mol. The molecule has 0 saturated carbocycles. The molecule has 2 atom stereocenters. The Balaban J connectivity index is 1.53. The van der Waals surface area contributed by atoms with Crippen LogP contribution in [0, 0.1) is 12.9 Å². The molecule has 2 aromatic carbocycles. The van der Waals surface area contributed by atoms with Gasteiger partial charge in [-0.05, 0) is 78.4 Å². The normalized spacial score (nSPS) is 12.1. The van der Waals surface area contributed by atoms with Gasteiger partial charge < -0.3 is 27.4 Å². The molecule has 50 heavy (non-hydrogen) atoms. The number of pyridine rings is 2. The molecule has 0 aliphatic carbocycles. The van der Waals surface area contributed by atoms with Gasteiger partial charge in [-0.25, -0.2) is 9.97 Å². The molecule has 0 spiro atoms. The van der Waals surface area contributed by atoms with Gasteiger partial charge in [-0.2, -0.15) is 4.39 Å². The molecule has 0 radical (unpaired) electrons. The number of hydrazine groups is 1. The van der Waals surface area contributed by atoms with Gasteiger partial charge in [-0.3, -0.25) is 24.8 Å². The third-order valence-corrected chi connectivity index (χ3v) is 9.49. The van der Waals surface area contributed by atoms with Gasteiger partial charge >= 0.3 is 0 Å². The van der Waals surface area contributed by atoms with E-state index in [0.29, 0.717) is 57.4 Å². The van der Waals surface area contributed by atoms with Crippen molar-refractivity contribution in [3.8, 4) is 11.1 Å². The fourth-order valence-electron chi connectivity index (χ4n) is 5.16. The summed E-state index contributed by atoms with van der Waals surface area (Å²) < 4.78 is 14.1. The molecule has 12 nitrogen and oxygen atoms in total. The predicted molar refractivity (Wildman–Crippen MR) is 193 cm³/mol. The van der Waals surface area contributed by atoms with Gasteiger partial charge in [-0.1, -0.05) is 53.7 Å². The van der Waals surface area contributed by atoms with Crippen molar-refractivity contribution < 1.29 is 18.8 Å². The van der Waals surface area contributed by atoms with Crippen LogP contribution in [0.15, 0.2) is 83.0 Å². The lowest BCUT2D eigenvalue weighted by molar-refractivity contribution is -0.134. The molecular weight excluding hydrogens is 681 g/mol. The van der Waals surface area contributed by atoms with Crippen molar-refractivity contribution in [3.05, 3.63) is 101 Å². The number of benzene rings is 2. The van der Waals surface area contributed by atoms with Gasteiger partial charge in [0.15, 0.2) is 0 Å². The summed E-state index contributed by atoms with van der Waals surface area (Å²) in [5, 5.41) is 11.1. The zero-order valence-corrected chi connectivity index (χ0v) is 29.4. The first-order valence-corrected chi connectivity index (χ1v) is 17.1. The van der Waals surface area contributed by atoms with E-state index in [2.05, 4.69) is 31.3 Å². The van der Waals surface area contributed by atoms with Crippen LogP contribution in [0.2, 0.25) is 5.02 Å². The average molecular weight is 722 g/mol. The number of amides is 3. The number of nitrogens with one attached hydrogen (secondary N) is 4. The van der Waals surface area contributed by atoms with E-state index in [0.717, 1.165) is 16.8 Å². The summed E-state index contributed by atoms with van der Waals surface area (Å²) >= 11 is 8.00. The second-order valence-electron chi connectivity index (χ2n) is 11.3. The zero-order valence-electron chi connectivity index (χ0n) is 27.8. The first-order chi connectivity index (χ1) is 24.2. The van der Waals surface area contributed by atoms with Crippen LogP contribution in [0.3, 0.4) is 0 Å². The minimum absolute atomic E-state index is 0.107. The Bertz CT molecular complexity index is 1780. The number of carbonyl (C=O) groups excluding carboxylic acids is 3. The molecule has 0 aliphatic heterocycles. The van der Waals surface area contributed by atoms with Crippen molar-refractivity contribution in [2.24, 2.45) is 11.5 Å². The number of hydrogen-bond donors (Lipinski definition) is 6. The Morgan fingerprint density at radius 1 is 1.04 bits per heavy atom. The number of hydrogen-bond acceptors (Lipinski definition) is 10. The summed E-state index contributed by atoms with van der Waals surface area (Å²) in [4.78, 5) is 47.0. The summed E-state index contributed by atoms with van der Waals surface area (Å²) in [7, 11) is 1.58. The largest absolute Gasteiger partial charge is 0.355 e. The van der Waals surface area contributed by atoms with Crippen LogP contribution >= 0.6 is 23.4 Å². The second-order valence-corrected chi connectivity index (χ2v) is 12.7. The molecule has 0 unspecified atom stereocenters. The van der Waals surface area contributed by atoms with Crippen LogP contribution in [0.5, 0.6) is 0 Å². The predicted octanol–water partition coefficient (Wildman–Crippen LogP) is 3.77. The Kier molecular flexibility index (Phi) is 14.5. The summed E-state index contributed by atoms with van der Waals surface area (Å²) in [6.45, 7) is 2.55. The van der Waals surface area contributed by atoms with Gasteiger partial charge in [0.2, 0.25) is 18.3 Å². The van der Waals surface area contributed by atoms with E-state index in [1.807, 2.05) is 37.3 Å². The lowest BCUT2D eigenvalue weighted by Crippen LogP contribution is -2.56. The number of aromatic nitrogens is 2. The molecule has 2 aromatic heterocycles. The third kappa shape index (κ3) is 10.2. The molecule has 4 aromatic rings. The number of anilines is 1. The average Bonchev–Trinajstić information content (AvgIpc) is 3.11. The lowest BCUT2D eigenvalue weighted by Gasteiger charge is -2.27. The molecule has 4 rings (SSSR count). The van der Waals surface area contributed by atoms with E-state index >= 15 is 0 Å². The van der Waals surface area contributed by atoms with Gasteiger partial charge in [-0.15, -0.1) is 0 Å². The lowest BCUT2D eigenvalue weighted by atomic mass is 10.0. The van der Waals surface area contributed by atoms with Crippen LogP contribution in [-0.2, 0) is 27.5 Å². The Morgan fingerprint density at radius 2 is 1.84 bits per heavy atom. The zero-order chi connectivity index (χ0) is 36.0. The Hall–Kier alpha value is -4.60. The van der Waals surface area contributed by atoms with Crippen LogP contribution < -0.4 is 32.8 Å². The van der Waals surface area contributed by atoms with E-state index in [1.165, 1.54) is 29.0 Å². The molecule has 15 heteroatoms. The molecule has 3 amide bonds. The van der Waals surface area contributed by atoms with Crippen molar-refractivity contribution in [1.29, 1.82) is 0 Å². The minimum atomic E-state index is -0.975. The van der Waals surface area contributed by atoms with Crippen molar-refractivity contribution >= 4 is 47.3 Å². The number of nitrogens with two attached hydrogens (primary N) is 2. The van der Waals surface area contributed by atoms with E-state index < -0.39 is 29.8 Å². The molecule has 8 N–H and O–H groups in total. The van der Waals surface area contributed by atoms with Crippen molar-refractivity contribution in [2.75, 3.05) is 25.6 Å². The number of likely N-dealkylation sites (N-methyl/N-ethyl adjacent to an activating group) is 1. The summed E-state index contributed by atoms with van der Waals surface area (Å²) in [6.07, 6.45) is 4.56. The molecule has 0 aliphatic rings. The highest BCUT2D eigenvalue weighted by molar-refractivity contribution is 7.99. The SMILES string of the molecule is Cc1ccccc1NN(C)C(=O)[C@H](CN)NC(=O)[C@H](CCCN)NCc1cccnc1Sc1c(Cl)ccc(-c2ccnc(F)c2)c1CNC=O. The van der Waals surface area contributed by atoms with Crippen LogP contribution in [0.1, 0.15) is 29.5 Å². The maximum absolute atomic E-state index is 14.1. The highest BCUT2D eigenvalue weighted by atomic mass is 35.5. The van der Waals surface area contributed by atoms with Gasteiger partial charge in [0, 0.05) is 50.0 Å². The summed E-state index contributed by atoms with van der Waals surface area (Å²) in [5.74, 6) is -1.44. The number of carbonyl (C=O) groups is 3. The van der Waals surface area contributed by atoms with Crippen LogP contribution in [0.4, 0.5) is 10.1 Å². The van der Waals surface area contributed by atoms with E-state index in [1.54, 1.807) is 37.5 Å². The van der Waals surface area contributed by atoms with Crippen LogP contribution in [-0.4, -0.2) is 65.4 Å². The highest BCUT2D eigenvalue weighted by Crippen LogP contribution is 2.41. The van der Waals surface area contributed by atoms with Crippen molar-refractivity contribution in [1.82, 2.24) is 30.9 Å². The van der Waals surface area contributed by atoms with E-state index in [-0.39, 0.29) is 19.6 Å². The number of aryl methyl sites for hydroxylation is 1. The highest BCUT2D eigenvalue weighted by Gasteiger charge is 2.27. The summed E-state index contributed by atoms with van der Waals surface area (Å²) in [5.41, 5.74) is 19.2. The number of para-hydroxylation sites is 1. The van der Waals surface area contributed by atoms with Gasteiger partial charge in [0.05, 0.1) is 16.8 Å². The Labute approximate surface area is 299 Å². The van der Waals surface area contributed by atoms with Crippen LogP contribution in [0.25, 0.3) is 11.1 Å². The first-order valence-electron chi connectivity index (χ1n) is 15.9. The molecule has 0 fully saturated rings. The molecule has 2 heterocycles. The first kappa shape index (κ1) is 38.2. The maximum atomic E-state index is 14.1. The minimum Gasteiger partial charge on any atom is -0.355 e. The molecular formula is C35H41ClFN9O3S. The van der Waals surface area contributed by atoms with E-state index in [9.17, 15) is 18.8 Å². The second kappa shape index (κ2) is 19.0.